The van der Waals surface area contributed by atoms with Crippen LogP contribution in [0.5, 0.6) is 0 Å². The van der Waals surface area contributed by atoms with Gasteiger partial charge in [0, 0.05) is 11.0 Å². The summed E-state index contributed by atoms with van der Waals surface area (Å²) in [5.41, 5.74) is 0. The first-order valence-electron chi connectivity index (χ1n) is 5.41. The molecule has 1 fully saturated rings. The molecule has 0 saturated heterocycles. The van der Waals surface area contributed by atoms with Crippen molar-refractivity contribution in [2.45, 2.75) is 44.8 Å². The van der Waals surface area contributed by atoms with Gasteiger partial charge in [-0.25, -0.2) is 0 Å². The van der Waals surface area contributed by atoms with Crippen molar-refractivity contribution in [2.24, 2.45) is 11.8 Å². The molecule has 0 amide bonds. The van der Waals surface area contributed by atoms with Crippen molar-refractivity contribution in [1.82, 2.24) is 0 Å². The van der Waals surface area contributed by atoms with Crippen molar-refractivity contribution >= 4 is 17.7 Å². The van der Waals surface area contributed by atoms with Crippen molar-refractivity contribution in [1.29, 1.82) is 0 Å². The van der Waals surface area contributed by atoms with E-state index in [9.17, 15) is 4.79 Å². The number of aliphatic carboxylic acids is 1. The highest BCUT2D eigenvalue weighted by molar-refractivity contribution is 7.99. The van der Waals surface area contributed by atoms with Gasteiger partial charge in [0.2, 0.25) is 0 Å². The van der Waals surface area contributed by atoms with Gasteiger partial charge in [-0.15, -0.1) is 0 Å². The molecule has 2 atom stereocenters. The molecule has 0 spiro atoms. The van der Waals surface area contributed by atoms with Crippen molar-refractivity contribution in [2.75, 3.05) is 5.75 Å². The molecule has 0 aromatic heterocycles. The van der Waals surface area contributed by atoms with Gasteiger partial charge in [0.25, 0.3) is 0 Å². The molecule has 3 heteroatoms. The predicted molar refractivity (Wildman–Crippen MR) is 60.7 cm³/mol. The molecule has 2 unspecified atom stereocenters. The maximum absolute atomic E-state index is 10.4. The zero-order chi connectivity index (χ0) is 10.6. The Morgan fingerprint density at radius 1 is 1.29 bits per heavy atom. The number of thioether (sulfide) groups is 1. The van der Waals surface area contributed by atoms with Gasteiger partial charge >= 0.3 is 5.97 Å². The molecule has 14 heavy (non-hydrogen) atoms. The largest absolute Gasteiger partial charge is 0.481 e. The van der Waals surface area contributed by atoms with Gasteiger partial charge in [0.05, 0.1) is 6.42 Å². The van der Waals surface area contributed by atoms with Crippen LogP contribution in [0, 0.1) is 11.8 Å². The first-order chi connectivity index (χ1) is 6.58. The fourth-order valence-electron chi connectivity index (χ4n) is 2.32. The summed E-state index contributed by atoms with van der Waals surface area (Å²) in [5, 5.41) is 9.24. The van der Waals surface area contributed by atoms with E-state index in [4.69, 9.17) is 5.11 Å². The molecule has 1 N–H and O–H groups in total. The first kappa shape index (κ1) is 11.9. The molecule has 1 saturated carbocycles. The van der Waals surface area contributed by atoms with Gasteiger partial charge in [0.1, 0.15) is 0 Å². The summed E-state index contributed by atoms with van der Waals surface area (Å²) in [5.74, 6) is 1.75. The third kappa shape index (κ3) is 4.36. The average molecular weight is 216 g/mol. The second-order valence-corrected chi connectivity index (χ2v) is 5.96. The molecule has 0 aromatic carbocycles. The number of rotatable bonds is 4. The van der Waals surface area contributed by atoms with E-state index >= 15 is 0 Å². The number of carbonyl (C=O) groups is 1. The molecule has 1 aliphatic carbocycles. The summed E-state index contributed by atoms with van der Waals surface area (Å²) in [4.78, 5) is 10.4. The highest BCUT2D eigenvalue weighted by Crippen LogP contribution is 2.35. The number of carboxylic acids is 1. The van der Waals surface area contributed by atoms with Crippen LogP contribution in [0.3, 0.4) is 0 Å². The molecule has 0 aliphatic heterocycles. The quantitative estimate of drug-likeness (QED) is 0.785. The summed E-state index contributed by atoms with van der Waals surface area (Å²) in [6, 6.07) is 0. The lowest BCUT2D eigenvalue weighted by atomic mass is 9.83. The molecular formula is C11H20O2S. The molecule has 0 aromatic rings. The van der Waals surface area contributed by atoms with Gasteiger partial charge < -0.3 is 5.11 Å². The minimum absolute atomic E-state index is 0.309. The number of hydrogen-bond donors (Lipinski definition) is 1. The molecule has 1 rings (SSSR count). The summed E-state index contributed by atoms with van der Waals surface area (Å²) >= 11 is 1.85. The second kappa shape index (κ2) is 5.64. The Morgan fingerprint density at radius 2 is 1.86 bits per heavy atom. The predicted octanol–water partition coefficient (Wildman–Crippen LogP) is 3.02. The molecular weight excluding hydrogens is 196 g/mol. The third-order valence-corrected chi connectivity index (χ3v) is 4.10. The van der Waals surface area contributed by atoms with E-state index in [1.165, 1.54) is 19.3 Å². The Morgan fingerprint density at radius 3 is 2.36 bits per heavy atom. The average Bonchev–Trinajstić information content (AvgIpc) is 2.01. The van der Waals surface area contributed by atoms with Gasteiger partial charge in [-0.2, -0.15) is 11.8 Å². The van der Waals surface area contributed by atoms with Gasteiger partial charge in [0.15, 0.2) is 0 Å². The molecule has 0 bridgehead atoms. The zero-order valence-corrected chi connectivity index (χ0v) is 9.85. The van der Waals surface area contributed by atoms with Crippen molar-refractivity contribution in [3.05, 3.63) is 0 Å². The van der Waals surface area contributed by atoms with Crippen LogP contribution in [0.1, 0.15) is 39.5 Å². The lowest BCUT2D eigenvalue weighted by Crippen LogP contribution is -2.21. The first-order valence-corrected chi connectivity index (χ1v) is 6.46. The van der Waals surface area contributed by atoms with Crippen molar-refractivity contribution in [3.8, 4) is 0 Å². The lowest BCUT2D eigenvalue weighted by molar-refractivity contribution is -0.136. The minimum atomic E-state index is -0.672. The smallest absolute Gasteiger partial charge is 0.304 e. The van der Waals surface area contributed by atoms with Crippen LogP contribution in [-0.2, 0) is 4.79 Å². The molecule has 0 radical (unpaired) electrons. The standard InChI is InChI=1S/C11H20O2S/c1-8-5-9(2)7-10(6-8)14-4-3-11(12)13/h8-10H,3-7H2,1-2H3,(H,12,13). The Balaban J connectivity index is 2.20. The van der Waals surface area contributed by atoms with Crippen LogP contribution >= 0.6 is 11.8 Å². The second-order valence-electron chi connectivity index (χ2n) is 4.55. The highest BCUT2D eigenvalue weighted by Gasteiger charge is 2.23. The summed E-state index contributed by atoms with van der Waals surface area (Å²) in [6.45, 7) is 4.61. The highest BCUT2D eigenvalue weighted by atomic mass is 32.2. The van der Waals surface area contributed by atoms with Crippen LogP contribution in [0.2, 0.25) is 0 Å². The van der Waals surface area contributed by atoms with Gasteiger partial charge in [-0.1, -0.05) is 13.8 Å². The molecule has 1 aliphatic rings. The third-order valence-electron chi connectivity index (χ3n) is 2.80. The number of carboxylic acid groups (broad SMARTS) is 1. The fraction of sp³-hybridized carbons (Fsp3) is 0.909. The van der Waals surface area contributed by atoms with Crippen molar-refractivity contribution < 1.29 is 9.90 Å². The van der Waals surface area contributed by atoms with Crippen LogP contribution in [0.4, 0.5) is 0 Å². The SMILES string of the molecule is CC1CC(C)CC(SCCC(=O)O)C1. The zero-order valence-electron chi connectivity index (χ0n) is 9.03. The van der Waals surface area contributed by atoms with Gasteiger partial charge in [-0.05, 0) is 31.1 Å². The van der Waals surface area contributed by atoms with Crippen molar-refractivity contribution in [3.63, 3.8) is 0 Å². The van der Waals surface area contributed by atoms with Gasteiger partial charge in [-0.3, -0.25) is 4.79 Å². The summed E-state index contributed by atoms with van der Waals surface area (Å²) < 4.78 is 0. The molecule has 2 nitrogen and oxygen atoms in total. The van der Waals surface area contributed by atoms with E-state index in [1.54, 1.807) is 0 Å². The van der Waals surface area contributed by atoms with Crippen LogP contribution in [0.25, 0.3) is 0 Å². The van der Waals surface area contributed by atoms with E-state index < -0.39 is 5.97 Å². The van der Waals surface area contributed by atoms with Crippen LogP contribution in [0.15, 0.2) is 0 Å². The maximum atomic E-state index is 10.4. The number of hydrogen-bond acceptors (Lipinski definition) is 2. The van der Waals surface area contributed by atoms with E-state index in [-0.39, 0.29) is 0 Å². The normalized spacial score (nSPS) is 32.9. The monoisotopic (exact) mass is 216 g/mol. The lowest BCUT2D eigenvalue weighted by Gasteiger charge is -2.30. The maximum Gasteiger partial charge on any atom is 0.304 e. The Hall–Kier alpha value is -0.180. The summed E-state index contributed by atoms with van der Waals surface area (Å²) in [7, 11) is 0. The van der Waals surface area contributed by atoms with E-state index in [0.717, 1.165) is 17.6 Å². The van der Waals surface area contributed by atoms with Crippen LogP contribution < -0.4 is 0 Å². The Labute approximate surface area is 90.5 Å². The summed E-state index contributed by atoms with van der Waals surface area (Å²) in [6.07, 6.45) is 4.20. The topological polar surface area (TPSA) is 37.3 Å². The Kier molecular flexibility index (Phi) is 4.79. The Bertz CT molecular complexity index is 184. The molecule has 0 heterocycles. The fourth-order valence-corrected chi connectivity index (χ4v) is 3.88. The molecule has 82 valence electrons. The van der Waals surface area contributed by atoms with Crippen LogP contribution in [-0.4, -0.2) is 22.1 Å². The van der Waals surface area contributed by atoms with E-state index in [1.807, 2.05) is 11.8 Å². The minimum Gasteiger partial charge on any atom is -0.481 e. The van der Waals surface area contributed by atoms with E-state index in [0.29, 0.717) is 11.7 Å². The van der Waals surface area contributed by atoms with E-state index in [2.05, 4.69) is 13.8 Å².